The molecule has 0 bridgehead atoms. The van der Waals surface area contributed by atoms with E-state index in [2.05, 4.69) is 20.2 Å². The van der Waals surface area contributed by atoms with E-state index >= 15 is 0 Å². The van der Waals surface area contributed by atoms with Crippen LogP contribution in [0.4, 0.5) is 11.5 Å². The number of amides is 1. The van der Waals surface area contributed by atoms with Gasteiger partial charge in [0.25, 0.3) is 0 Å². The Morgan fingerprint density at radius 3 is 2.96 bits per heavy atom. The molecule has 1 fully saturated rings. The van der Waals surface area contributed by atoms with Crippen molar-refractivity contribution < 1.29 is 14.3 Å². The van der Waals surface area contributed by atoms with Crippen molar-refractivity contribution >= 4 is 39.0 Å². The van der Waals surface area contributed by atoms with Gasteiger partial charge >= 0.3 is 0 Å². The van der Waals surface area contributed by atoms with Gasteiger partial charge in [0.15, 0.2) is 6.79 Å². The molecule has 0 radical (unpaired) electrons. The Kier molecular flexibility index (Phi) is 5.17. The second kappa shape index (κ2) is 7.89. The van der Waals surface area contributed by atoms with Gasteiger partial charge in [0.05, 0.1) is 5.39 Å². The summed E-state index contributed by atoms with van der Waals surface area (Å²) in [6, 6.07) is 9.03. The number of benzene rings is 1. The van der Waals surface area contributed by atoms with Crippen molar-refractivity contribution in [2.24, 2.45) is 0 Å². The second-order valence-corrected chi connectivity index (χ2v) is 7.15. The minimum absolute atomic E-state index is 0.0277. The van der Waals surface area contributed by atoms with Crippen LogP contribution in [0, 0.1) is 0 Å². The summed E-state index contributed by atoms with van der Waals surface area (Å²) in [7, 11) is 1.57. The predicted molar refractivity (Wildman–Crippen MR) is 105 cm³/mol. The third kappa shape index (κ3) is 3.72. The molecule has 1 atom stereocenters. The van der Waals surface area contributed by atoms with Crippen molar-refractivity contribution in [3.05, 3.63) is 42.0 Å². The highest BCUT2D eigenvalue weighted by molar-refractivity contribution is 7.16. The molecular formula is C19H20N4O3S. The molecular weight excluding hydrogens is 364 g/mol. The van der Waals surface area contributed by atoms with Crippen molar-refractivity contribution in [2.75, 3.05) is 30.7 Å². The smallest absolute Gasteiger partial charge is 0.247 e. The summed E-state index contributed by atoms with van der Waals surface area (Å²) in [4.78, 5) is 24.7. The highest BCUT2D eigenvalue weighted by atomic mass is 32.1. The fraction of sp³-hybridized carbons (Fsp3) is 0.316. The first-order valence-electron chi connectivity index (χ1n) is 8.74. The van der Waals surface area contributed by atoms with Crippen LogP contribution in [0.2, 0.25) is 0 Å². The number of hydrogen-bond donors (Lipinski definition) is 1. The lowest BCUT2D eigenvalue weighted by Crippen LogP contribution is -2.40. The van der Waals surface area contributed by atoms with E-state index in [1.54, 1.807) is 36.9 Å². The molecule has 140 valence electrons. The number of nitrogens with zero attached hydrogens (tertiary/aromatic N) is 3. The van der Waals surface area contributed by atoms with E-state index < -0.39 is 0 Å². The first-order valence-corrected chi connectivity index (χ1v) is 9.62. The molecule has 1 N–H and O–H groups in total. The fourth-order valence-electron chi connectivity index (χ4n) is 3.29. The molecule has 7 nitrogen and oxygen atoms in total. The molecule has 1 aromatic carbocycles. The monoisotopic (exact) mass is 384 g/mol. The minimum atomic E-state index is -0.243. The molecule has 27 heavy (non-hydrogen) atoms. The van der Waals surface area contributed by atoms with Gasteiger partial charge in [0, 0.05) is 19.3 Å². The molecule has 2 aromatic heterocycles. The maximum absolute atomic E-state index is 12.9. The molecule has 8 heteroatoms. The van der Waals surface area contributed by atoms with Crippen molar-refractivity contribution in [3.63, 3.8) is 0 Å². The van der Waals surface area contributed by atoms with Gasteiger partial charge < -0.3 is 19.7 Å². The van der Waals surface area contributed by atoms with Crippen LogP contribution in [0.1, 0.15) is 12.8 Å². The molecule has 0 unspecified atom stereocenters. The van der Waals surface area contributed by atoms with Gasteiger partial charge in [0.1, 0.15) is 28.8 Å². The molecule has 0 spiro atoms. The normalized spacial score (nSPS) is 16.6. The van der Waals surface area contributed by atoms with E-state index in [9.17, 15) is 4.79 Å². The number of anilines is 2. The third-order valence-electron chi connectivity index (χ3n) is 4.53. The van der Waals surface area contributed by atoms with Crippen LogP contribution < -0.4 is 15.0 Å². The van der Waals surface area contributed by atoms with Crippen molar-refractivity contribution in [1.82, 2.24) is 9.97 Å². The third-order valence-corrected chi connectivity index (χ3v) is 5.35. The number of ether oxygens (including phenoxy) is 2. The number of methoxy groups -OCH3 is 1. The summed E-state index contributed by atoms with van der Waals surface area (Å²) < 4.78 is 10.2. The SMILES string of the molecule is COCOc1ccc(NC(=O)[C@H]2CCCN2c2ncnc3sccc23)cc1. The average molecular weight is 384 g/mol. The summed E-state index contributed by atoms with van der Waals surface area (Å²) in [6.07, 6.45) is 3.33. The maximum Gasteiger partial charge on any atom is 0.247 e. The minimum Gasteiger partial charge on any atom is -0.468 e. The standard InChI is InChI=1S/C19H20N4O3S/c1-25-12-26-14-6-4-13(5-7-14)22-18(24)16-3-2-9-23(16)17-15-8-10-27-19(15)21-11-20-17/h4-8,10-11,16H,2-3,9,12H2,1H3,(H,22,24)/t16-/m1/s1. The summed E-state index contributed by atoms with van der Waals surface area (Å²) >= 11 is 1.58. The Hall–Kier alpha value is -2.71. The largest absolute Gasteiger partial charge is 0.468 e. The van der Waals surface area contributed by atoms with Crippen LogP contribution in [0.3, 0.4) is 0 Å². The van der Waals surface area contributed by atoms with E-state index in [1.165, 1.54) is 0 Å². The quantitative estimate of drug-likeness (QED) is 0.657. The van der Waals surface area contributed by atoms with Gasteiger partial charge in [-0.1, -0.05) is 0 Å². The zero-order valence-electron chi connectivity index (χ0n) is 14.9. The van der Waals surface area contributed by atoms with Crippen LogP contribution in [0.5, 0.6) is 5.75 Å². The van der Waals surface area contributed by atoms with E-state index in [4.69, 9.17) is 9.47 Å². The van der Waals surface area contributed by atoms with Crippen molar-refractivity contribution in [2.45, 2.75) is 18.9 Å². The predicted octanol–water partition coefficient (Wildman–Crippen LogP) is 3.28. The molecule has 1 saturated heterocycles. The van der Waals surface area contributed by atoms with Gasteiger partial charge in [-0.25, -0.2) is 9.97 Å². The van der Waals surface area contributed by atoms with Crippen LogP contribution in [-0.4, -0.2) is 42.4 Å². The topological polar surface area (TPSA) is 76.6 Å². The Labute approximate surface area is 160 Å². The van der Waals surface area contributed by atoms with Gasteiger partial charge in [-0.15, -0.1) is 11.3 Å². The lowest BCUT2D eigenvalue weighted by atomic mass is 10.2. The van der Waals surface area contributed by atoms with E-state index in [1.807, 2.05) is 23.6 Å². The second-order valence-electron chi connectivity index (χ2n) is 6.25. The summed E-state index contributed by atoms with van der Waals surface area (Å²) in [5.41, 5.74) is 0.736. The zero-order valence-corrected chi connectivity index (χ0v) is 15.7. The number of rotatable bonds is 6. The number of thiophene rings is 1. The molecule has 4 rings (SSSR count). The highest BCUT2D eigenvalue weighted by Gasteiger charge is 2.32. The number of nitrogens with one attached hydrogen (secondary N) is 1. The zero-order chi connectivity index (χ0) is 18.6. The van der Waals surface area contributed by atoms with Crippen LogP contribution >= 0.6 is 11.3 Å². The molecule has 3 heterocycles. The van der Waals surface area contributed by atoms with Gasteiger partial charge in [-0.05, 0) is 48.6 Å². The first-order chi connectivity index (χ1) is 13.3. The lowest BCUT2D eigenvalue weighted by molar-refractivity contribution is -0.117. The van der Waals surface area contributed by atoms with Crippen molar-refractivity contribution in [3.8, 4) is 5.75 Å². The van der Waals surface area contributed by atoms with Crippen LogP contribution in [0.25, 0.3) is 10.2 Å². The molecule has 0 saturated carbocycles. The van der Waals surface area contributed by atoms with E-state index in [0.717, 1.165) is 41.1 Å². The maximum atomic E-state index is 12.9. The Morgan fingerprint density at radius 1 is 1.30 bits per heavy atom. The number of hydrogen-bond acceptors (Lipinski definition) is 7. The molecule has 1 amide bonds. The first kappa shape index (κ1) is 17.7. The van der Waals surface area contributed by atoms with E-state index in [-0.39, 0.29) is 18.7 Å². The van der Waals surface area contributed by atoms with Gasteiger partial charge in [-0.2, -0.15) is 0 Å². The fourth-order valence-corrected chi connectivity index (χ4v) is 4.01. The van der Waals surface area contributed by atoms with E-state index in [0.29, 0.717) is 5.75 Å². The summed E-state index contributed by atoms with van der Waals surface area (Å²) in [5.74, 6) is 1.50. The summed E-state index contributed by atoms with van der Waals surface area (Å²) in [5, 5.41) is 6.00. The molecule has 1 aliphatic rings. The number of carbonyl (C=O) groups is 1. The number of aromatic nitrogens is 2. The van der Waals surface area contributed by atoms with Gasteiger partial charge in [-0.3, -0.25) is 4.79 Å². The average Bonchev–Trinajstić information content (AvgIpc) is 3.36. The summed E-state index contributed by atoms with van der Waals surface area (Å²) in [6.45, 7) is 1.00. The Morgan fingerprint density at radius 2 is 2.15 bits per heavy atom. The number of carbonyl (C=O) groups excluding carboxylic acids is 1. The van der Waals surface area contributed by atoms with Crippen molar-refractivity contribution in [1.29, 1.82) is 0 Å². The van der Waals surface area contributed by atoms with Crippen LogP contribution in [-0.2, 0) is 9.53 Å². The van der Waals surface area contributed by atoms with Crippen LogP contribution in [0.15, 0.2) is 42.0 Å². The molecule has 0 aliphatic carbocycles. The highest BCUT2D eigenvalue weighted by Crippen LogP contribution is 2.32. The number of fused-ring (bicyclic) bond motifs is 1. The Balaban J connectivity index is 1.49. The Bertz CT molecular complexity index is 928. The lowest BCUT2D eigenvalue weighted by Gasteiger charge is -2.25. The molecule has 1 aliphatic heterocycles. The van der Waals surface area contributed by atoms with Gasteiger partial charge in [0.2, 0.25) is 5.91 Å². The molecule has 3 aromatic rings.